The molecule has 0 radical (unpaired) electrons. The Kier molecular flexibility index (Phi) is 6.19. The molecule has 0 heterocycles. The van der Waals surface area contributed by atoms with E-state index in [4.69, 9.17) is 9.47 Å². The fraction of sp³-hybridized carbons (Fsp3) is 0.647. The minimum atomic E-state index is 0.00799. The Balaban J connectivity index is 1.96. The minimum absolute atomic E-state index is 0.00799. The molecule has 1 fully saturated rings. The van der Waals surface area contributed by atoms with E-state index in [9.17, 15) is 5.11 Å². The van der Waals surface area contributed by atoms with E-state index in [1.54, 1.807) is 0 Å². The van der Waals surface area contributed by atoms with Gasteiger partial charge in [0.1, 0.15) is 11.5 Å². The molecule has 1 aromatic rings. The summed E-state index contributed by atoms with van der Waals surface area (Å²) < 4.78 is 11.6. The molecule has 0 aromatic heterocycles. The molecule has 0 spiro atoms. The third-order valence-corrected chi connectivity index (χ3v) is 3.88. The van der Waals surface area contributed by atoms with Crippen LogP contribution in [0.2, 0.25) is 0 Å². The average Bonchev–Trinajstić information content (AvgIpc) is 2.52. The molecule has 112 valence electrons. The Morgan fingerprint density at radius 3 is 2.65 bits per heavy atom. The van der Waals surface area contributed by atoms with Gasteiger partial charge in [-0.1, -0.05) is 26.2 Å². The Bertz CT molecular complexity index is 397. The zero-order valence-corrected chi connectivity index (χ0v) is 12.4. The first-order valence-corrected chi connectivity index (χ1v) is 7.83. The maximum absolute atomic E-state index is 9.40. The molecule has 3 heteroatoms. The molecular formula is C17H26O3. The van der Waals surface area contributed by atoms with Crippen molar-refractivity contribution in [3.05, 3.63) is 23.8 Å². The number of hydrogen-bond acceptors (Lipinski definition) is 3. The van der Waals surface area contributed by atoms with Crippen LogP contribution in [0.3, 0.4) is 0 Å². The molecular weight excluding hydrogens is 252 g/mol. The third-order valence-electron chi connectivity index (χ3n) is 3.88. The maximum Gasteiger partial charge on any atom is 0.128 e. The van der Waals surface area contributed by atoms with Gasteiger partial charge in [-0.2, -0.15) is 0 Å². The second-order valence-corrected chi connectivity index (χ2v) is 5.59. The summed E-state index contributed by atoms with van der Waals surface area (Å²) in [6.45, 7) is 3.56. The van der Waals surface area contributed by atoms with Crippen molar-refractivity contribution in [3.63, 3.8) is 0 Å². The van der Waals surface area contributed by atoms with Crippen LogP contribution in [0.4, 0.5) is 0 Å². The summed E-state index contributed by atoms with van der Waals surface area (Å²) in [6, 6.07) is 5.69. The average molecular weight is 278 g/mol. The Labute approximate surface area is 121 Å². The van der Waals surface area contributed by atoms with E-state index in [0.29, 0.717) is 12.5 Å². The molecule has 20 heavy (non-hydrogen) atoms. The largest absolute Gasteiger partial charge is 0.493 e. The first kappa shape index (κ1) is 15.2. The van der Waals surface area contributed by atoms with Gasteiger partial charge in [-0.15, -0.1) is 0 Å². The highest BCUT2D eigenvalue weighted by Gasteiger charge is 2.15. The zero-order chi connectivity index (χ0) is 14.2. The Morgan fingerprint density at radius 2 is 1.95 bits per heavy atom. The molecule has 1 saturated carbocycles. The summed E-state index contributed by atoms with van der Waals surface area (Å²) in [4.78, 5) is 0. The van der Waals surface area contributed by atoms with Crippen LogP contribution in [0.25, 0.3) is 0 Å². The molecule has 1 aliphatic carbocycles. The van der Waals surface area contributed by atoms with Crippen LogP contribution in [0.5, 0.6) is 11.5 Å². The van der Waals surface area contributed by atoms with Gasteiger partial charge in [0.25, 0.3) is 0 Å². The highest BCUT2D eigenvalue weighted by Crippen LogP contribution is 2.28. The van der Waals surface area contributed by atoms with Crippen molar-refractivity contribution in [1.82, 2.24) is 0 Å². The molecule has 1 aliphatic rings. The smallest absolute Gasteiger partial charge is 0.128 e. The van der Waals surface area contributed by atoms with E-state index in [1.807, 2.05) is 18.2 Å². The van der Waals surface area contributed by atoms with Crippen LogP contribution in [0.15, 0.2) is 18.2 Å². The summed E-state index contributed by atoms with van der Waals surface area (Å²) >= 11 is 0. The van der Waals surface area contributed by atoms with E-state index in [0.717, 1.165) is 30.1 Å². The predicted molar refractivity (Wildman–Crippen MR) is 80.2 cm³/mol. The van der Waals surface area contributed by atoms with Crippen LogP contribution in [0, 0.1) is 5.92 Å². The van der Waals surface area contributed by atoms with Crippen LogP contribution >= 0.6 is 0 Å². The normalized spacial score (nSPS) is 16.1. The minimum Gasteiger partial charge on any atom is -0.493 e. The van der Waals surface area contributed by atoms with Gasteiger partial charge in [0.2, 0.25) is 0 Å². The van der Waals surface area contributed by atoms with Crippen molar-refractivity contribution in [2.24, 2.45) is 5.92 Å². The molecule has 3 nitrogen and oxygen atoms in total. The number of benzene rings is 1. The van der Waals surface area contributed by atoms with Crippen LogP contribution < -0.4 is 9.47 Å². The number of hydrogen-bond donors (Lipinski definition) is 1. The standard InChI is InChI=1S/C17H26O3/c1-2-10-19-16-9-8-15(12-18)17(11-16)20-13-14-6-4-3-5-7-14/h8-9,11,14,18H,2-7,10,12-13H2,1H3. The van der Waals surface area contributed by atoms with Crippen LogP contribution in [0.1, 0.15) is 51.0 Å². The second-order valence-electron chi connectivity index (χ2n) is 5.59. The lowest BCUT2D eigenvalue weighted by molar-refractivity contribution is 0.200. The van der Waals surface area contributed by atoms with E-state index in [1.165, 1.54) is 32.1 Å². The van der Waals surface area contributed by atoms with Gasteiger partial charge in [0.15, 0.2) is 0 Å². The van der Waals surface area contributed by atoms with Crippen molar-refractivity contribution in [2.75, 3.05) is 13.2 Å². The zero-order valence-electron chi connectivity index (χ0n) is 12.4. The number of aliphatic hydroxyl groups is 1. The van der Waals surface area contributed by atoms with Crippen molar-refractivity contribution in [3.8, 4) is 11.5 Å². The second kappa shape index (κ2) is 8.15. The van der Waals surface area contributed by atoms with Crippen molar-refractivity contribution in [2.45, 2.75) is 52.1 Å². The van der Waals surface area contributed by atoms with E-state index < -0.39 is 0 Å². The first-order valence-electron chi connectivity index (χ1n) is 7.83. The third kappa shape index (κ3) is 4.41. The summed E-state index contributed by atoms with van der Waals surface area (Å²) in [5.41, 5.74) is 0.838. The molecule has 0 unspecified atom stereocenters. The topological polar surface area (TPSA) is 38.7 Å². The first-order chi connectivity index (χ1) is 9.83. The van der Waals surface area contributed by atoms with Gasteiger partial charge in [-0.05, 0) is 37.3 Å². The van der Waals surface area contributed by atoms with E-state index >= 15 is 0 Å². The Morgan fingerprint density at radius 1 is 1.15 bits per heavy atom. The summed E-state index contributed by atoms with van der Waals surface area (Å²) in [7, 11) is 0. The van der Waals surface area contributed by atoms with Crippen LogP contribution in [-0.4, -0.2) is 18.3 Å². The fourth-order valence-corrected chi connectivity index (χ4v) is 2.67. The van der Waals surface area contributed by atoms with Crippen molar-refractivity contribution >= 4 is 0 Å². The monoisotopic (exact) mass is 278 g/mol. The molecule has 1 aromatic carbocycles. The van der Waals surface area contributed by atoms with Crippen molar-refractivity contribution in [1.29, 1.82) is 0 Å². The van der Waals surface area contributed by atoms with Gasteiger partial charge < -0.3 is 14.6 Å². The molecule has 1 N–H and O–H groups in total. The molecule has 0 aliphatic heterocycles. The van der Waals surface area contributed by atoms with Crippen LogP contribution in [-0.2, 0) is 6.61 Å². The van der Waals surface area contributed by atoms with Gasteiger partial charge in [-0.3, -0.25) is 0 Å². The van der Waals surface area contributed by atoms with E-state index in [2.05, 4.69) is 6.92 Å². The molecule has 2 rings (SSSR count). The summed E-state index contributed by atoms with van der Waals surface area (Å²) in [5.74, 6) is 2.25. The number of ether oxygens (including phenoxy) is 2. The summed E-state index contributed by atoms with van der Waals surface area (Å²) in [6.07, 6.45) is 7.51. The predicted octanol–water partition coefficient (Wildman–Crippen LogP) is 3.93. The molecule has 0 atom stereocenters. The van der Waals surface area contributed by atoms with Gasteiger partial charge >= 0.3 is 0 Å². The van der Waals surface area contributed by atoms with Crippen molar-refractivity contribution < 1.29 is 14.6 Å². The quantitative estimate of drug-likeness (QED) is 0.821. The lowest BCUT2D eigenvalue weighted by Gasteiger charge is -2.22. The molecule has 0 saturated heterocycles. The molecule has 0 amide bonds. The van der Waals surface area contributed by atoms with Gasteiger partial charge in [-0.25, -0.2) is 0 Å². The SMILES string of the molecule is CCCOc1ccc(CO)c(OCC2CCCCC2)c1. The highest BCUT2D eigenvalue weighted by atomic mass is 16.5. The number of aliphatic hydroxyl groups excluding tert-OH is 1. The highest BCUT2D eigenvalue weighted by molar-refractivity contribution is 5.40. The molecule has 0 bridgehead atoms. The lowest BCUT2D eigenvalue weighted by atomic mass is 9.90. The maximum atomic E-state index is 9.40. The van der Waals surface area contributed by atoms with E-state index in [-0.39, 0.29) is 6.61 Å². The van der Waals surface area contributed by atoms with Gasteiger partial charge in [0, 0.05) is 11.6 Å². The fourth-order valence-electron chi connectivity index (χ4n) is 2.67. The van der Waals surface area contributed by atoms with Gasteiger partial charge in [0.05, 0.1) is 19.8 Å². The Hall–Kier alpha value is -1.22. The summed E-state index contributed by atoms with van der Waals surface area (Å²) in [5, 5.41) is 9.40. The number of rotatable bonds is 7. The lowest BCUT2D eigenvalue weighted by Crippen LogP contribution is -2.15.